The van der Waals surface area contributed by atoms with Crippen LogP contribution in [0.25, 0.3) is 20.7 Å². The second-order valence-electron chi connectivity index (χ2n) is 12.7. The molecule has 0 aromatic carbocycles. The van der Waals surface area contributed by atoms with Crippen molar-refractivity contribution in [2.45, 2.75) is 97.1 Å². The molecule has 0 saturated heterocycles. The maximum atomic E-state index is 16.2. The Kier molecular flexibility index (Phi) is 7.86. The van der Waals surface area contributed by atoms with Crippen LogP contribution in [0.4, 0.5) is 19.8 Å². The third kappa shape index (κ3) is 6.33. The summed E-state index contributed by atoms with van der Waals surface area (Å²) in [5, 5.41) is 7.06. The highest BCUT2D eigenvalue weighted by atomic mass is 32.1. The summed E-state index contributed by atoms with van der Waals surface area (Å²) in [5.41, 5.74) is -1.11. The van der Waals surface area contributed by atoms with E-state index in [-0.39, 0.29) is 41.3 Å². The summed E-state index contributed by atoms with van der Waals surface area (Å²) in [4.78, 5) is 49.5. The topological polar surface area (TPSA) is 123 Å². The van der Waals surface area contributed by atoms with Crippen LogP contribution in [0.3, 0.4) is 0 Å². The molecular formula is C30H36FN5O5S. The molecule has 5 rings (SSSR count). The van der Waals surface area contributed by atoms with Gasteiger partial charge in [0.25, 0.3) is 5.91 Å². The molecule has 12 heteroatoms. The largest absolute Gasteiger partial charge is 0.444 e. The highest BCUT2D eigenvalue weighted by molar-refractivity contribution is 7.22. The molecule has 1 aliphatic carbocycles. The number of carbonyl (C=O) groups is 3. The fourth-order valence-corrected chi connectivity index (χ4v) is 6.23. The lowest BCUT2D eigenvalue weighted by molar-refractivity contribution is 0.0247. The highest BCUT2D eigenvalue weighted by Gasteiger charge is 2.41. The van der Waals surface area contributed by atoms with Crippen molar-refractivity contribution < 1.29 is 28.2 Å². The molecular weight excluding hydrogens is 561 g/mol. The number of imide groups is 1. The summed E-state index contributed by atoms with van der Waals surface area (Å²) in [6.07, 6.45) is 5.15. The van der Waals surface area contributed by atoms with Crippen LogP contribution in [0.5, 0.6) is 0 Å². The van der Waals surface area contributed by atoms with Crippen LogP contribution in [0.15, 0.2) is 24.5 Å². The lowest BCUT2D eigenvalue weighted by Gasteiger charge is -2.34. The summed E-state index contributed by atoms with van der Waals surface area (Å²) in [5.74, 6) is -1.41. The van der Waals surface area contributed by atoms with E-state index in [1.807, 2.05) is 12.1 Å². The van der Waals surface area contributed by atoms with Crippen molar-refractivity contribution in [3.05, 3.63) is 41.5 Å². The molecule has 1 fully saturated rings. The number of hydrogen-bond acceptors (Lipinski definition) is 9. The van der Waals surface area contributed by atoms with Crippen LogP contribution in [0.1, 0.15) is 83.1 Å². The zero-order valence-electron chi connectivity index (χ0n) is 24.7. The fourth-order valence-electron chi connectivity index (χ4n) is 5.21. The maximum Gasteiger partial charge on any atom is 0.417 e. The van der Waals surface area contributed by atoms with Gasteiger partial charge in [0.1, 0.15) is 11.2 Å². The van der Waals surface area contributed by atoms with E-state index in [2.05, 4.69) is 20.6 Å². The number of rotatable bonds is 4. The number of carbonyl (C=O) groups excluding carboxylic acids is 3. The van der Waals surface area contributed by atoms with E-state index in [1.54, 1.807) is 53.9 Å². The minimum Gasteiger partial charge on any atom is -0.444 e. The molecule has 2 unspecified atom stereocenters. The van der Waals surface area contributed by atoms with E-state index < -0.39 is 35.1 Å². The lowest BCUT2D eigenvalue weighted by Crippen LogP contribution is -2.50. The van der Waals surface area contributed by atoms with E-state index in [4.69, 9.17) is 9.47 Å². The van der Waals surface area contributed by atoms with Crippen molar-refractivity contribution in [1.82, 2.24) is 20.2 Å². The van der Waals surface area contributed by atoms with Crippen molar-refractivity contribution in [3.8, 4) is 10.6 Å². The van der Waals surface area contributed by atoms with Crippen LogP contribution in [-0.4, -0.2) is 56.2 Å². The lowest BCUT2D eigenvalue weighted by atomic mass is 9.90. The molecule has 42 heavy (non-hydrogen) atoms. The Labute approximate surface area is 248 Å². The molecule has 3 amide bonds. The average molecular weight is 598 g/mol. The van der Waals surface area contributed by atoms with E-state index in [0.717, 1.165) is 27.8 Å². The van der Waals surface area contributed by atoms with Crippen molar-refractivity contribution in [2.24, 2.45) is 0 Å². The van der Waals surface area contributed by atoms with E-state index >= 15 is 4.39 Å². The maximum absolute atomic E-state index is 16.2. The first-order valence-electron chi connectivity index (χ1n) is 14.1. The quantitative estimate of drug-likeness (QED) is 0.343. The number of fused-ring (bicyclic) bond motifs is 2. The van der Waals surface area contributed by atoms with Crippen LogP contribution in [0, 0.1) is 5.82 Å². The molecule has 3 aromatic rings. The van der Waals surface area contributed by atoms with E-state index in [9.17, 15) is 14.4 Å². The smallest absolute Gasteiger partial charge is 0.417 e. The third-order valence-corrected chi connectivity index (χ3v) is 8.06. The Bertz CT molecular complexity index is 1510. The molecule has 0 bridgehead atoms. The Hall–Kier alpha value is -3.80. The fraction of sp³-hybridized carbons (Fsp3) is 0.500. The summed E-state index contributed by atoms with van der Waals surface area (Å²) in [7, 11) is 0. The number of nitrogens with one attached hydrogen (secondary N) is 2. The summed E-state index contributed by atoms with van der Waals surface area (Å²) in [6.45, 7) is 10.2. The van der Waals surface area contributed by atoms with Gasteiger partial charge in [0.2, 0.25) is 0 Å². The Balaban J connectivity index is 1.53. The standard InChI is InChI=1S/C30H36FN5O5S/c1-29(2,3)40-27(38)34-19-10-8-7-9-18(19)33-25-23(31)17-15-36(28(39)41-30(4,5)6)26(37)22(17)24(35-25)20-13-16-11-12-32-14-21(16)42-20/h11-14,18-19H,7-10,15H2,1-6H3,(H,33,35)(H,34,38). The van der Waals surface area contributed by atoms with Gasteiger partial charge in [-0.2, -0.15) is 0 Å². The van der Waals surface area contributed by atoms with E-state index in [0.29, 0.717) is 17.7 Å². The van der Waals surface area contributed by atoms with Gasteiger partial charge in [0, 0.05) is 24.0 Å². The Morgan fingerprint density at radius 3 is 2.43 bits per heavy atom. The van der Waals surface area contributed by atoms with Gasteiger partial charge in [-0.15, -0.1) is 11.3 Å². The predicted molar refractivity (Wildman–Crippen MR) is 158 cm³/mol. The molecule has 2 N–H and O–H groups in total. The van der Waals surface area contributed by atoms with Crippen LogP contribution in [0.2, 0.25) is 0 Å². The van der Waals surface area contributed by atoms with Gasteiger partial charge in [0.05, 0.1) is 33.4 Å². The Morgan fingerprint density at radius 1 is 1.07 bits per heavy atom. The number of halogens is 1. The van der Waals surface area contributed by atoms with Crippen molar-refractivity contribution in [3.63, 3.8) is 0 Å². The number of alkyl carbamates (subject to hydrolysis) is 1. The minimum absolute atomic E-state index is 0.0375. The normalized spacial score (nSPS) is 19.0. The molecule has 224 valence electrons. The summed E-state index contributed by atoms with van der Waals surface area (Å²) in [6, 6.07) is 3.08. The molecule has 0 spiro atoms. The number of nitrogens with zero attached hydrogens (tertiary/aromatic N) is 3. The van der Waals surface area contributed by atoms with Crippen LogP contribution >= 0.6 is 11.3 Å². The molecule has 0 radical (unpaired) electrons. The molecule has 1 aliphatic heterocycles. The van der Waals surface area contributed by atoms with E-state index in [1.165, 1.54) is 11.3 Å². The number of ether oxygens (including phenoxy) is 2. The van der Waals surface area contributed by atoms with Gasteiger partial charge in [-0.25, -0.2) is 23.9 Å². The first-order chi connectivity index (χ1) is 19.7. The summed E-state index contributed by atoms with van der Waals surface area (Å²) < 4.78 is 28.0. The molecule has 10 nitrogen and oxygen atoms in total. The molecule has 4 heterocycles. The number of thiophene rings is 1. The van der Waals surface area contributed by atoms with Gasteiger partial charge >= 0.3 is 12.2 Å². The third-order valence-electron chi connectivity index (χ3n) is 6.97. The second kappa shape index (κ2) is 11.1. The zero-order chi connectivity index (χ0) is 30.4. The average Bonchev–Trinajstić information content (AvgIpc) is 3.46. The Morgan fingerprint density at radius 2 is 1.76 bits per heavy atom. The summed E-state index contributed by atoms with van der Waals surface area (Å²) >= 11 is 1.38. The van der Waals surface area contributed by atoms with Crippen LogP contribution in [-0.2, 0) is 16.0 Å². The predicted octanol–water partition coefficient (Wildman–Crippen LogP) is 6.64. The minimum atomic E-state index is -0.849. The van der Waals surface area contributed by atoms with Gasteiger partial charge in [-0.3, -0.25) is 9.78 Å². The molecule has 3 aromatic heterocycles. The molecule has 2 atom stereocenters. The van der Waals surface area contributed by atoms with Crippen molar-refractivity contribution in [1.29, 1.82) is 0 Å². The SMILES string of the molecule is CC(C)(C)OC(=O)NC1CCCCC1Nc1nc(-c2cc3ccncc3s2)c2c(c1F)CN(C(=O)OC(C)(C)C)C2=O. The highest BCUT2D eigenvalue weighted by Crippen LogP contribution is 2.41. The first kappa shape index (κ1) is 29.7. The van der Waals surface area contributed by atoms with Crippen molar-refractivity contribution >= 4 is 45.3 Å². The van der Waals surface area contributed by atoms with Gasteiger partial charge in [-0.05, 0) is 71.9 Å². The number of hydrogen-bond donors (Lipinski definition) is 2. The second-order valence-corrected chi connectivity index (χ2v) is 13.7. The number of amides is 3. The zero-order valence-corrected chi connectivity index (χ0v) is 25.5. The van der Waals surface area contributed by atoms with Gasteiger partial charge in [-0.1, -0.05) is 12.8 Å². The number of pyridine rings is 2. The van der Waals surface area contributed by atoms with Gasteiger partial charge in [0.15, 0.2) is 11.6 Å². The van der Waals surface area contributed by atoms with Crippen molar-refractivity contribution in [2.75, 3.05) is 5.32 Å². The monoisotopic (exact) mass is 597 g/mol. The van der Waals surface area contributed by atoms with Gasteiger partial charge < -0.3 is 20.1 Å². The number of aromatic nitrogens is 2. The number of anilines is 1. The first-order valence-corrected chi connectivity index (χ1v) is 14.9. The molecule has 1 saturated carbocycles. The van der Waals surface area contributed by atoms with Crippen LogP contribution < -0.4 is 10.6 Å². The molecule has 2 aliphatic rings.